The molecule has 0 spiro atoms. The third kappa shape index (κ3) is 3.73. The Kier molecular flexibility index (Phi) is 5.36. The van der Waals surface area contributed by atoms with Crippen molar-refractivity contribution in [3.63, 3.8) is 0 Å². The third-order valence-corrected chi connectivity index (χ3v) is 10.2. The number of carbonyl (C=O) groups is 2. The number of fused-ring (bicyclic) bond motifs is 1. The smallest absolute Gasteiger partial charge is 0.270 e. The fourth-order valence-electron chi connectivity index (χ4n) is 4.43. The van der Waals surface area contributed by atoms with Crippen molar-refractivity contribution in [1.82, 2.24) is 14.8 Å². The van der Waals surface area contributed by atoms with E-state index >= 15 is 0 Å². The Hall–Kier alpha value is -2.72. The number of halogens is 2. The Morgan fingerprint density at radius 1 is 1.03 bits per heavy atom. The molecule has 5 rings (SSSR count). The fourth-order valence-corrected chi connectivity index (χ4v) is 6.94. The number of hydrogen-bond donors (Lipinski definition) is 1. The highest BCUT2D eigenvalue weighted by Crippen LogP contribution is 2.57. The molecule has 1 aromatic carbocycles. The molecule has 2 heterocycles. The van der Waals surface area contributed by atoms with Gasteiger partial charge >= 0.3 is 0 Å². The van der Waals surface area contributed by atoms with Crippen LogP contribution in [0.15, 0.2) is 41.2 Å². The van der Waals surface area contributed by atoms with Crippen LogP contribution in [-0.2, 0) is 22.9 Å². The number of hydrogen-bond acceptors (Lipinski definition) is 5. The van der Waals surface area contributed by atoms with Gasteiger partial charge in [0.25, 0.3) is 17.4 Å². The summed E-state index contributed by atoms with van der Waals surface area (Å²) in [6.07, 6.45) is 0.660. The summed E-state index contributed by atoms with van der Waals surface area (Å²) in [7, 11) is -4.00. The van der Waals surface area contributed by atoms with Gasteiger partial charge in [-0.25, -0.2) is 12.8 Å². The van der Waals surface area contributed by atoms with Gasteiger partial charge in [-0.1, -0.05) is 23.7 Å². The van der Waals surface area contributed by atoms with Crippen molar-refractivity contribution in [1.29, 1.82) is 0 Å². The Bertz CT molecular complexity index is 1350. The van der Waals surface area contributed by atoms with E-state index < -0.39 is 37.0 Å². The lowest BCUT2D eigenvalue weighted by molar-refractivity contribution is 0.0694. The van der Waals surface area contributed by atoms with E-state index in [-0.39, 0.29) is 50.3 Å². The van der Waals surface area contributed by atoms with Gasteiger partial charge in [0.15, 0.2) is 9.84 Å². The van der Waals surface area contributed by atoms with Crippen molar-refractivity contribution in [2.75, 3.05) is 13.1 Å². The van der Waals surface area contributed by atoms with Crippen LogP contribution in [0.5, 0.6) is 0 Å². The highest BCUT2D eigenvalue weighted by molar-refractivity contribution is 7.94. The maximum Gasteiger partial charge on any atom is 0.270 e. The zero-order valence-corrected chi connectivity index (χ0v) is 19.8. The van der Waals surface area contributed by atoms with E-state index in [9.17, 15) is 27.2 Å². The lowest BCUT2D eigenvalue weighted by atomic mass is 10.1. The van der Waals surface area contributed by atoms with Gasteiger partial charge in [-0.2, -0.15) is 0 Å². The minimum Gasteiger partial charge on any atom is -0.348 e. The van der Waals surface area contributed by atoms with Crippen molar-refractivity contribution in [3.8, 4) is 0 Å². The fraction of sp³-hybridized carbons (Fsp3) is 0.435. The first-order chi connectivity index (χ1) is 16.1. The summed E-state index contributed by atoms with van der Waals surface area (Å²) in [5.74, 6) is -1.06. The van der Waals surface area contributed by atoms with Gasteiger partial charge in [-0.15, -0.1) is 0 Å². The standard InChI is InChI=1S/C23H23ClFN3O5S/c24-16-3-1-15(2-4-16)13-26-19(29)17-5-6-18-21(31)27(11-12-28(18)20(17)30)14-22(7-8-22)34(32,33)23(25)9-10-23/h1-6H,7-14H2,(H,26,29). The first kappa shape index (κ1) is 23.0. The summed E-state index contributed by atoms with van der Waals surface area (Å²) in [5, 5.41) is 1.10. The van der Waals surface area contributed by atoms with Crippen LogP contribution in [0.1, 0.15) is 52.1 Å². The Morgan fingerprint density at radius 3 is 2.32 bits per heavy atom. The van der Waals surface area contributed by atoms with E-state index in [0.29, 0.717) is 17.9 Å². The molecule has 1 aromatic heterocycles. The van der Waals surface area contributed by atoms with Crippen LogP contribution in [0, 0.1) is 0 Å². The lowest BCUT2D eigenvalue weighted by Crippen LogP contribution is -2.51. The second-order valence-corrected chi connectivity index (χ2v) is 12.2. The quantitative estimate of drug-likeness (QED) is 0.619. The summed E-state index contributed by atoms with van der Waals surface area (Å²) < 4.78 is 40.0. The largest absolute Gasteiger partial charge is 0.348 e. The molecule has 0 radical (unpaired) electrons. The lowest BCUT2D eigenvalue weighted by Gasteiger charge is -2.33. The Balaban J connectivity index is 1.31. The molecular weight excluding hydrogens is 485 g/mol. The van der Waals surface area contributed by atoms with Gasteiger partial charge < -0.3 is 14.8 Å². The Labute approximate surface area is 200 Å². The Morgan fingerprint density at radius 2 is 1.71 bits per heavy atom. The molecule has 3 aliphatic rings. The van der Waals surface area contributed by atoms with E-state index in [4.69, 9.17) is 11.6 Å². The minimum atomic E-state index is -4.00. The number of nitrogens with one attached hydrogen (secondary N) is 1. The molecular formula is C23H23ClFN3O5S. The number of rotatable bonds is 7. The van der Waals surface area contributed by atoms with E-state index in [2.05, 4.69) is 5.32 Å². The molecule has 0 atom stereocenters. The first-order valence-corrected chi connectivity index (χ1v) is 12.9. The molecule has 0 bridgehead atoms. The highest BCUT2D eigenvalue weighted by Gasteiger charge is 2.69. The van der Waals surface area contributed by atoms with E-state index in [1.165, 1.54) is 21.6 Å². The molecule has 2 fully saturated rings. The monoisotopic (exact) mass is 507 g/mol. The normalized spacial score (nSPS) is 19.9. The number of sulfone groups is 1. The molecule has 180 valence electrons. The molecule has 2 amide bonds. The zero-order chi connectivity index (χ0) is 24.3. The van der Waals surface area contributed by atoms with Gasteiger partial charge in [-0.05, 0) is 55.5 Å². The maximum atomic E-state index is 14.5. The molecule has 34 heavy (non-hydrogen) atoms. The summed E-state index contributed by atoms with van der Waals surface area (Å²) in [6.45, 7) is 0.348. The zero-order valence-electron chi connectivity index (χ0n) is 18.2. The second kappa shape index (κ2) is 7.91. The number of alkyl halides is 1. The van der Waals surface area contributed by atoms with Gasteiger partial charge in [0.1, 0.15) is 11.3 Å². The SMILES string of the molecule is O=C(NCc1ccc(Cl)cc1)c1ccc2n(c1=O)CCN(CC1(S(=O)(=O)C3(F)CC3)CC1)C2=O. The van der Waals surface area contributed by atoms with Gasteiger partial charge in [0.05, 0.1) is 4.75 Å². The minimum absolute atomic E-state index is 0.00607. The molecule has 2 aliphatic carbocycles. The van der Waals surface area contributed by atoms with Crippen molar-refractivity contribution >= 4 is 33.3 Å². The number of nitrogens with zero attached hydrogens (tertiary/aromatic N) is 2. The summed E-state index contributed by atoms with van der Waals surface area (Å²) in [6, 6.07) is 9.62. The number of aromatic nitrogens is 1. The van der Waals surface area contributed by atoms with Crippen LogP contribution in [0.25, 0.3) is 0 Å². The average Bonchev–Trinajstić information content (AvgIpc) is 3.73. The van der Waals surface area contributed by atoms with Crippen LogP contribution in [0.4, 0.5) is 4.39 Å². The van der Waals surface area contributed by atoms with Crippen LogP contribution in [0.2, 0.25) is 5.02 Å². The molecule has 0 saturated heterocycles. The van der Waals surface area contributed by atoms with Crippen molar-refractivity contribution in [2.45, 2.75) is 48.5 Å². The summed E-state index contributed by atoms with van der Waals surface area (Å²) in [4.78, 5) is 40.0. The van der Waals surface area contributed by atoms with Gasteiger partial charge in [-0.3, -0.25) is 14.4 Å². The van der Waals surface area contributed by atoms with E-state index in [1.54, 1.807) is 24.3 Å². The van der Waals surface area contributed by atoms with E-state index in [0.717, 1.165) is 5.56 Å². The van der Waals surface area contributed by atoms with E-state index in [1.807, 2.05) is 0 Å². The molecule has 2 saturated carbocycles. The molecule has 2 aromatic rings. The predicted octanol–water partition coefficient (Wildman–Crippen LogP) is 2.29. The number of amides is 2. The van der Waals surface area contributed by atoms with Gasteiger partial charge in [0, 0.05) is 31.2 Å². The van der Waals surface area contributed by atoms with Gasteiger partial charge in [0.2, 0.25) is 5.00 Å². The topological polar surface area (TPSA) is 106 Å². The summed E-state index contributed by atoms with van der Waals surface area (Å²) >= 11 is 5.86. The van der Waals surface area contributed by atoms with Crippen LogP contribution in [-0.4, -0.2) is 52.5 Å². The number of benzene rings is 1. The highest BCUT2D eigenvalue weighted by atomic mass is 35.5. The number of pyridine rings is 1. The van der Waals surface area contributed by atoms with Crippen LogP contribution < -0.4 is 10.9 Å². The summed E-state index contributed by atoms with van der Waals surface area (Å²) in [5.41, 5.74) is 0.216. The molecule has 0 unspecified atom stereocenters. The molecule has 1 aliphatic heterocycles. The molecule has 11 heteroatoms. The predicted molar refractivity (Wildman–Crippen MR) is 123 cm³/mol. The molecule has 1 N–H and O–H groups in total. The second-order valence-electron chi connectivity index (χ2n) is 9.19. The van der Waals surface area contributed by atoms with Crippen molar-refractivity contribution < 1.29 is 22.4 Å². The van der Waals surface area contributed by atoms with Crippen molar-refractivity contribution in [3.05, 3.63) is 68.6 Å². The van der Waals surface area contributed by atoms with Crippen LogP contribution in [0.3, 0.4) is 0 Å². The maximum absolute atomic E-state index is 14.5. The molecule has 8 nitrogen and oxygen atoms in total. The number of carbonyl (C=O) groups excluding carboxylic acids is 2. The first-order valence-electron chi connectivity index (χ1n) is 11.1. The van der Waals surface area contributed by atoms with Crippen LogP contribution >= 0.6 is 11.6 Å². The average molecular weight is 508 g/mol. The van der Waals surface area contributed by atoms with Crippen molar-refractivity contribution in [2.24, 2.45) is 0 Å². The third-order valence-electron chi connectivity index (χ3n) is 6.87.